The smallest absolute Gasteiger partial charge is 0.341 e. The molecule has 0 aromatic heterocycles. The highest BCUT2D eigenvalue weighted by atomic mass is 35.5. The fraction of sp³-hybridized carbons (Fsp3) is 0.588. The molecule has 1 aromatic rings. The SMILES string of the molecule is CCN(Cc1ccc(OCC(=O)O)c(Cl)c1)C1CCCCC1. The van der Waals surface area contributed by atoms with Crippen molar-refractivity contribution in [2.45, 2.75) is 51.6 Å². The topological polar surface area (TPSA) is 49.8 Å². The number of aliphatic carboxylic acids is 1. The molecule has 1 saturated carbocycles. The highest BCUT2D eigenvalue weighted by Gasteiger charge is 2.20. The van der Waals surface area contributed by atoms with E-state index in [0.29, 0.717) is 16.8 Å². The van der Waals surface area contributed by atoms with Gasteiger partial charge in [-0.05, 0) is 37.1 Å². The lowest BCUT2D eigenvalue weighted by Crippen LogP contribution is -2.36. The van der Waals surface area contributed by atoms with E-state index < -0.39 is 5.97 Å². The number of hydrogen-bond acceptors (Lipinski definition) is 3. The molecule has 1 N–H and O–H groups in total. The minimum Gasteiger partial charge on any atom is -0.480 e. The standard InChI is InChI=1S/C17H24ClNO3/c1-2-19(14-6-4-3-5-7-14)11-13-8-9-16(15(18)10-13)22-12-17(20)21/h8-10,14H,2-7,11-12H2,1H3,(H,20,21). The van der Waals surface area contributed by atoms with Gasteiger partial charge in [-0.2, -0.15) is 0 Å². The summed E-state index contributed by atoms with van der Waals surface area (Å²) in [5.41, 5.74) is 1.14. The molecule has 0 amide bonds. The quantitative estimate of drug-likeness (QED) is 0.824. The maximum atomic E-state index is 10.5. The number of carboxylic acid groups (broad SMARTS) is 1. The Morgan fingerprint density at radius 3 is 2.68 bits per heavy atom. The lowest BCUT2D eigenvalue weighted by molar-refractivity contribution is -0.139. The molecular weight excluding hydrogens is 302 g/mol. The average molecular weight is 326 g/mol. The molecule has 2 rings (SSSR count). The molecule has 0 aliphatic heterocycles. The van der Waals surface area contributed by atoms with Crippen molar-refractivity contribution in [1.29, 1.82) is 0 Å². The fourth-order valence-corrected chi connectivity index (χ4v) is 3.34. The Balaban J connectivity index is 1.99. The molecule has 0 atom stereocenters. The second kappa shape index (κ2) is 8.39. The molecule has 0 radical (unpaired) electrons. The minimum absolute atomic E-state index is 0.373. The molecule has 1 aliphatic carbocycles. The molecule has 1 aromatic carbocycles. The zero-order valence-electron chi connectivity index (χ0n) is 13.1. The van der Waals surface area contributed by atoms with Gasteiger partial charge in [-0.1, -0.05) is 43.9 Å². The number of hydrogen-bond donors (Lipinski definition) is 1. The highest BCUT2D eigenvalue weighted by molar-refractivity contribution is 6.32. The van der Waals surface area contributed by atoms with Gasteiger partial charge in [0.15, 0.2) is 6.61 Å². The third-order valence-electron chi connectivity index (χ3n) is 4.23. The number of benzene rings is 1. The van der Waals surface area contributed by atoms with E-state index in [1.165, 1.54) is 32.1 Å². The van der Waals surface area contributed by atoms with Crippen LogP contribution in [0.25, 0.3) is 0 Å². The lowest BCUT2D eigenvalue weighted by atomic mass is 9.94. The molecule has 122 valence electrons. The molecule has 1 aliphatic rings. The van der Waals surface area contributed by atoms with Gasteiger partial charge in [-0.15, -0.1) is 0 Å². The summed E-state index contributed by atoms with van der Waals surface area (Å²) in [7, 11) is 0. The van der Waals surface area contributed by atoms with Crippen LogP contribution in [0, 0.1) is 0 Å². The number of rotatable bonds is 7. The number of halogens is 1. The Morgan fingerprint density at radius 1 is 1.36 bits per heavy atom. The Labute approximate surface area is 137 Å². The summed E-state index contributed by atoms with van der Waals surface area (Å²) in [6.45, 7) is 3.72. The van der Waals surface area contributed by atoms with E-state index in [1.54, 1.807) is 6.07 Å². The van der Waals surface area contributed by atoms with Gasteiger partial charge in [0.05, 0.1) is 5.02 Å². The van der Waals surface area contributed by atoms with E-state index in [1.807, 2.05) is 12.1 Å². The summed E-state index contributed by atoms with van der Waals surface area (Å²) < 4.78 is 5.16. The molecule has 0 heterocycles. The monoisotopic (exact) mass is 325 g/mol. The second-order valence-corrected chi connectivity index (χ2v) is 6.21. The molecule has 0 saturated heterocycles. The van der Waals surface area contributed by atoms with Crippen molar-refractivity contribution in [2.24, 2.45) is 0 Å². The van der Waals surface area contributed by atoms with Gasteiger partial charge in [-0.25, -0.2) is 4.79 Å². The maximum Gasteiger partial charge on any atom is 0.341 e. The zero-order chi connectivity index (χ0) is 15.9. The van der Waals surface area contributed by atoms with Gasteiger partial charge in [-0.3, -0.25) is 4.90 Å². The van der Waals surface area contributed by atoms with Crippen molar-refractivity contribution in [1.82, 2.24) is 4.90 Å². The third kappa shape index (κ3) is 4.89. The Morgan fingerprint density at radius 2 is 2.09 bits per heavy atom. The van der Waals surface area contributed by atoms with Crippen LogP contribution in [-0.2, 0) is 11.3 Å². The van der Waals surface area contributed by atoms with Crippen LogP contribution in [0.1, 0.15) is 44.6 Å². The van der Waals surface area contributed by atoms with Crippen molar-refractivity contribution in [2.75, 3.05) is 13.2 Å². The maximum absolute atomic E-state index is 10.5. The Hall–Kier alpha value is -1.26. The Kier molecular flexibility index (Phi) is 6.52. The van der Waals surface area contributed by atoms with Crippen LogP contribution in [0.5, 0.6) is 5.75 Å². The first-order valence-electron chi connectivity index (χ1n) is 7.97. The van der Waals surface area contributed by atoms with Crippen molar-refractivity contribution in [3.8, 4) is 5.75 Å². The van der Waals surface area contributed by atoms with Gasteiger partial charge in [0.1, 0.15) is 5.75 Å². The number of carbonyl (C=O) groups is 1. The predicted octanol–water partition coefficient (Wildman–Crippen LogP) is 3.96. The molecule has 0 spiro atoms. The first kappa shape index (κ1) is 17.1. The van der Waals surface area contributed by atoms with Crippen LogP contribution in [-0.4, -0.2) is 35.2 Å². The largest absolute Gasteiger partial charge is 0.480 e. The van der Waals surface area contributed by atoms with Gasteiger partial charge in [0.25, 0.3) is 0 Å². The second-order valence-electron chi connectivity index (χ2n) is 5.80. The van der Waals surface area contributed by atoms with Crippen LogP contribution < -0.4 is 4.74 Å². The van der Waals surface area contributed by atoms with Crippen LogP contribution in [0.4, 0.5) is 0 Å². The average Bonchev–Trinajstić information content (AvgIpc) is 2.52. The van der Waals surface area contributed by atoms with E-state index >= 15 is 0 Å². The van der Waals surface area contributed by atoms with Crippen LogP contribution in [0.15, 0.2) is 18.2 Å². The summed E-state index contributed by atoms with van der Waals surface area (Å²) in [6.07, 6.45) is 6.56. The summed E-state index contributed by atoms with van der Waals surface area (Å²) in [4.78, 5) is 13.0. The molecule has 0 bridgehead atoms. The van der Waals surface area contributed by atoms with Crippen LogP contribution in [0.3, 0.4) is 0 Å². The van der Waals surface area contributed by atoms with Gasteiger partial charge < -0.3 is 9.84 Å². The molecule has 4 nitrogen and oxygen atoms in total. The number of nitrogens with zero attached hydrogens (tertiary/aromatic N) is 1. The first-order chi connectivity index (χ1) is 10.6. The van der Waals surface area contributed by atoms with Crippen molar-refractivity contribution < 1.29 is 14.6 Å². The summed E-state index contributed by atoms with van der Waals surface area (Å²) in [6, 6.07) is 6.27. The first-order valence-corrected chi connectivity index (χ1v) is 8.35. The van der Waals surface area contributed by atoms with E-state index in [4.69, 9.17) is 21.4 Å². The predicted molar refractivity (Wildman–Crippen MR) is 87.5 cm³/mol. The minimum atomic E-state index is -1.01. The van der Waals surface area contributed by atoms with Gasteiger partial charge >= 0.3 is 5.97 Å². The molecule has 22 heavy (non-hydrogen) atoms. The lowest BCUT2D eigenvalue weighted by Gasteiger charge is -2.33. The normalized spacial score (nSPS) is 16.0. The van der Waals surface area contributed by atoms with Crippen molar-refractivity contribution >= 4 is 17.6 Å². The zero-order valence-corrected chi connectivity index (χ0v) is 13.8. The molecule has 1 fully saturated rings. The number of carboxylic acids is 1. The molecule has 5 heteroatoms. The summed E-state index contributed by atoms with van der Waals surface area (Å²) in [5, 5.41) is 9.11. The van der Waals surface area contributed by atoms with Crippen LogP contribution in [0.2, 0.25) is 5.02 Å². The van der Waals surface area contributed by atoms with Crippen molar-refractivity contribution in [3.63, 3.8) is 0 Å². The van der Waals surface area contributed by atoms with Gasteiger partial charge in [0, 0.05) is 12.6 Å². The Bertz CT molecular complexity index is 501. The van der Waals surface area contributed by atoms with Crippen LogP contribution >= 0.6 is 11.6 Å². The highest BCUT2D eigenvalue weighted by Crippen LogP contribution is 2.28. The van der Waals surface area contributed by atoms with Gasteiger partial charge in [0.2, 0.25) is 0 Å². The fourth-order valence-electron chi connectivity index (χ4n) is 3.08. The summed E-state index contributed by atoms with van der Waals surface area (Å²) >= 11 is 6.19. The molecular formula is C17H24ClNO3. The molecule has 0 unspecified atom stereocenters. The number of ether oxygens (including phenoxy) is 1. The van der Waals surface area contributed by atoms with E-state index in [9.17, 15) is 4.79 Å². The van der Waals surface area contributed by atoms with E-state index in [0.717, 1.165) is 18.7 Å². The van der Waals surface area contributed by atoms with E-state index in [-0.39, 0.29) is 6.61 Å². The van der Waals surface area contributed by atoms with Crippen molar-refractivity contribution in [3.05, 3.63) is 28.8 Å². The summed E-state index contributed by atoms with van der Waals surface area (Å²) in [5.74, 6) is -0.580. The van der Waals surface area contributed by atoms with E-state index in [2.05, 4.69) is 11.8 Å². The third-order valence-corrected chi connectivity index (χ3v) is 4.53.